The molecule has 166 valence electrons. The van der Waals surface area contributed by atoms with Crippen LogP contribution in [0, 0.1) is 20.8 Å². The number of aryl methyl sites for hydroxylation is 3. The van der Waals surface area contributed by atoms with Crippen molar-refractivity contribution in [3.63, 3.8) is 0 Å². The first-order chi connectivity index (χ1) is 15.1. The van der Waals surface area contributed by atoms with Crippen molar-refractivity contribution in [1.29, 1.82) is 0 Å². The Morgan fingerprint density at radius 2 is 1.78 bits per heavy atom. The minimum atomic E-state index is -4.54. The van der Waals surface area contributed by atoms with E-state index in [0.29, 0.717) is 12.4 Å². The number of rotatable bonds is 5. The van der Waals surface area contributed by atoms with Crippen molar-refractivity contribution in [2.75, 3.05) is 5.32 Å². The molecule has 0 aliphatic carbocycles. The fourth-order valence-corrected chi connectivity index (χ4v) is 3.53. The molecule has 0 atom stereocenters. The smallest absolute Gasteiger partial charge is 0.308 e. The highest BCUT2D eigenvalue weighted by atomic mass is 19.4. The van der Waals surface area contributed by atoms with Crippen molar-refractivity contribution in [3.8, 4) is 0 Å². The summed E-state index contributed by atoms with van der Waals surface area (Å²) in [5.74, 6) is -0.123. The Bertz CT molecular complexity index is 1290. The van der Waals surface area contributed by atoms with Crippen LogP contribution in [-0.2, 0) is 24.1 Å². The van der Waals surface area contributed by atoms with Gasteiger partial charge in [0.05, 0.1) is 23.2 Å². The first-order valence-corrected chi connectivity index (χ1v) is 9.91. The Balaban J connectivity index is 1.51. The number of alkyl halides is 3. The summed E-state index contributed by atoms with van der Waals surface area (Å²) in [6.45, 7) is 5.21. The molecule has 0 unspecified atom stereocenters. The number of pyridine rings is 1. The number of anilines is 1. The summed E-state index contributed by atoms with van der Waals surface area (Å²) in [4.78, 5) is 16.7. The highest BCUT2D eigenvalue weighted by molar-refractivity contribution is 5.91. The van der Waals surface area contributed by atoms with Crippen molar-refractivity contribution in [2.24, 2.45) is 0 Å². The number of hydrogen-bond donors (Lipinski definition) is 1. The monoisotopic (exact) mass is 442 g/mol. The summed E-state index contributed by atoms with van der Waals surface area (Å²) in [5, 5.41) is 11.0. The lowest BCUT2D eigenvalue weighted by Crippen LogP contribution is -2.20. The van der Waals surface area contributed by atoms with Gasteiger partial charge in [-0.05, 0) is 32.4 Å². The largest absolute Gasteiger partial charge is 0.417 e. The summed E-state index contributed by atoms with van der Waals surface area (Å²) in [6, 6.07) is 10.7. The number of fused-ring (bicyclic) bond motifs is 1. The van der Waals surface area contributed by atoms with Gasteiger partial charge >= 0.3 is 6.18 Å². The van der Waals surface area contributed by atoms with Crippen LogP contribution in [0.3, 0.4) is 0 Å². The maximum Gasteiger partial charge on any atom is 0.417 e. The first kappa shape index (κ1) is 21.5. The number of carbonyl (C=O) groups excluding carboxylic acids is 1. The van der Waals surface area contributed by atoms with Gasteiger partial charge in [-0.25, -0.2) is 9.67 Å². The number of amides is 1. The lowest BCUT2D eigenvalue weighted by molar-refractivity contribution is -0.136. The van der Waals surface area contributed by atoms with E-state index in [1.165, 1.54) is 18.5 Å². The van der Waals surface area contributed by atoms with Gasteiger partial charge in [-0.15, -0.1) is 0 Å². The van der Waals surface area contributed by atoms with E-state index in [4.69, 9.17) is 0 Å². The number of benzene rings is 1. The number of aromatic nitrogens is 5. The van der Waals surface area contributed by atoms with E-state index in [0.717, 1.165) is 17.2 Å². The van der Waals surface area contributed by atoms with Crippen LogP contribution < -0.4 is 5.32 Å². The molecule has 3 heterocycles. The van der Waals surface area contributed by atoms with E-state index in [9.17, 15) is 18.0 Å². The molecule has 0 saturated carbocycles. The van der Waals surface area contributed by atoms with E-state index in [1.807, 2.05) is 31.2 Å². The van der Waals surface area contributed by atoms with Crippen LogP contribution in [0.15, 0.2) is 42.6 Å². The zero-order valence-electron chi connectivity index (χ0n) is 17.7. The standard InChI is InChI=1S/C22H21F3N6O/c1-13-4-6-16(7-5-13)11-30-9-8-18(29-30)27-19(32)12-31-21-20(15(3)28-31)17(22(23,24)25)10-14(2)26-21/h4-10H,11-12H2,1-3H3,(H,27,29,32). The minimum absolute atomic E-state index is 0.0230. The van der Waals surface area contributed by atoms with Gasteiger partial charge in [0.25, 0.3) is 0 Å². The second-order valence-electron chi connectivity index (χ2n) is 7.68. The highest BCUT2D eigenvalue weighted by Crippen LogP contribution is 2.36. The third kappa shape index (κ3) is 4.48. The summed E-state index contributed by atoms with van der Waals surface area (Å²) >= 11 is 0. The van der Waals surface area contributed by atoms with Gasteiger partial charge in [-0.1, -0.05) is 29.8 Å². The fourth-order valence-electron chi connectivity index (χ4n) is 3.53. The van der Waals surface area contributed by atoms with E-state index >= 15 is 0 Å². The van der Waals surface area contributed by atoms with E-state index in [2.05, 4.69) is 20.5 Å². The normalized spacial score (nSPS) is 11.8. The van der Waals surface area contributed by atoms with Gasteiger partial charge in [0.15, 0.2) is 11.5 Å². The van der Waals surface area contributed by atoms with Gasteiger partial charge in [0.1, 0.15) is 6.54 Å². The molecule has 0 bridgehead atoms. The van der Waals surface area contributed by atoms with Crippen molar-refractivity contribution >= 4 is 22.8 Å². The Labute approximate surface area is 181 Å². The Morgan fingerprint density at radius 3 is 2.47 bits per heavy atom. The lowest BCUT2D eigenvalue weighted by atomic mass is 10.1. The number of hydrogen-bond acceptors (Lipinski definition) is 4. The predicted octanol–water partition coefficient (Wildman–Crippen LogP) is 4.26. The van der Waals surface area contributed by atoms with Gasteiger partial charge < -0.3 is 5.32 Å². The highest BCUT2D eigenvalue weighted by Gasteiger charge is 2.35. The molecule has 1 aromatic carbocycles. The zero-order chi connectivity index (χ0) is 23.0. The fraction of sp³-hybridized carbons (Fsp3) is 0.273. The third-order valence-corrected chi connectivity index (χ3v) is 4.98. The Morgan fingerprint density at radius 1 is 1.06 bits per heavy atom. The Kier molecular flexibility index (Phi) is 5.45. The van der Waals surface area contributed by atoms with Gasteiger partial charge in [-0.3, -0.25) is 9.48 Å². The topological polar surface area (TPSA) is 77.6 Å². The molecule has 4 rings (SSSR count). The summed E-state index contributed by atoms with van der Waals surface area (Å²) < 4.78 is 43.3. The summed E-state index contributed by atoms with van der Waals surface area (Å²) in [7, 11) is 0. The predicted molar refractivity (Wildman–Crippen MR) is 113 cm³/mol. The van der Waals surface area contributed by atoms with Gasteiger partial charge in [0.2, 0.25) is 5.91 Å². The number of halogens is 3. The van der Waals surface area contributed by atoms with Crippen molar-refractivity contribution in [3.05, 3.63) is 70.7 Å². The zero-order valence-corrected chi connectivity index (χ0v) is 17.7. The summed E-state index contributed by atoms with van der Waals surface area (Å²) in [5.41, 5.74) is 1.80. The molecule has 0 radical (unpaired) electrons. The summed E-state index contributed by atoms with van der Waals surface area (Å²) in [6.07, 6.45) is -2.80. The average Bonchev–Trinajstić information content (AvgIpc) is 3.26. The maximum absolute atomic E-state index is 13.5. The van der Waals surface area contributed by atoms with Crippen LogP contribution in [0.25, 0.3) is 11.0 Å². The number of nitrogens with zero attached hydrogens (tertiary/aromatic N) is 5. The molecular weight excluding hydrogens is 421 g/mol. The molecule has 0 aliphatic heterocycles. The number of carbonyl (C=O) groups is 1. The van der Waals surface area contributed by atoms with Gasteiger partial charge in [0, 0.05) is 18.0 Å². The first-order valence-electron chi connectivity index (χ1n) is 9.91. The number of nitrogens with one attached hydrogen (secondary N) is 1. The molecule has 0 aliphatic rings. The van der Waals surface area contributed by atoms with Crippen LogP contribution in [0.2, 0.25) is 0 Å². The van der Waals surface area contributed by atoms with E-state index in [1.54, 1.807) is 16.9 Å². The molecule has 1 N–H and O–H groups in total. The molecular formula is C22H21F3N6O. The lowest BCUT2D eigenvalue weighted by Gasteiger charge is -2.10. The van der Waals surface area contributed by atoms with E-state index in [-0.39, 0.29) is 29.0 Å². The van der Waals surface area contributed by atoms with Crippen LogP contribution in [0.1, 0.15) is 28.1 Å². The third-order valence-electron chi connectivity index (χ3n) is 4.98. The molecule has 0 saturated heterocycles. The average molecular weight is 442 g/mol. The molecule has 32 heavy (non-hydrogen) atoms. The molecule has 0 spiro atoms. The quantitative estimate of drug-likeness (QED) is 0.501. The minimum Gasteiger partial charge on any atom is -0.308 e. The van der Waals surface area contributed by atoms with Crippen molar-refractivity contribution < 1.29 is 18.0 Å². The second kappa shape index (κ2) is 8.10. The van der Waals surface area contributed by atoms with E-state index < -0.39 is 17.6 Å². The van der Waals surface area contributed by atoms with Crippen molar-refractivity contribution in [1.82, 2.24) is 24.5 Å². The SMILES string of the molecule is Cc1ccc(Cn2ccc(NC(=O)Cn3nc(C)c4c(C(F)(F)F)cc(C)nc43)n2)cc1. The molecule has 1 amide bonds. The molecule has 4 aromatic rings. The van der Waals surface area contributed by atoms with Crippen LogP contribution in [0.5, 0.6) is 0 Å². The molecule has 10 heteroatoms. The van der Waals surface area contributed by atoms with Crippen LogP contribution in [0.4, 0.5) is 19.0 Å². The van der Waals surface area contributed by atoms with Gasteiger partial charge in [-0.2, -0.15) is 23.4 Å². The van der Waals surface area contributed by atoms with Crippen LogP contribution >= 0.6 is 0 Å². The Hall–Kier alpha value is -3.69. The molecule has 7 nitrogen and oxygen atoms in total. The van der Waals surface area contributed by atoms with Crippen molar-refractivity contribution in [2.45, 2.75) is 40.0 Å². The van der Waals surface area contributed by atoms with Crippen LogP contribution in [-0.4, -0.2) is 30.5 Å². The second-order valence-corrected chi connectivity index (χ2v) is 7.68. The maximum atomic E-state index is 13.5. The molecule has 0 fully saturated rings. The molecule has 3 aromatic heterocycles.